The zero-order chi connectivity index (χ0) is 17.4. The Kier molecular flexibility index (Phi) is 4.01. The summed E-state index contributed by atoms with van der Waals surface area (Å²) in [6, 6.07) is 7.29. The minimum absolute atomic E-state index is 0.0642. The zero-order valence-electron chi connectivity index (χ0n) is 14.2. The molecule has 0 aliphatic carbocycles. The molecule has 3 heterocycles. The molecule has 0 spiro atoms. The Labute approximate surface area is 145 Å². The molecule has 0 bridgehead atoms. The molecule has 7 nitrogen and oxygen atoms in total. The minimum atomic E-state index is -0.369. The molecule has 4 rings (SSSR count). The standard InChI is InChI=1S/C18H20N4O3/c1-11(2)16-20-21-17(25-16)14-10-24-9-8-22(14)18(23)13-5-3-4-12-6-7-19-15(12)13/h3-7,11,14,19H,8-10H2,1-2H3/t14-/m1/s1. The molecule has 0 radical (unpaired) electrons. The Morgan fingerprint density at radius 3 is 3.00 bits per heavy atom. The van der Waals surface area contributed by atoms with E-state index in [0.717, 1.165) is 10.9 Å². The van der Waals surface area contributed by atoms with Gasteiger partial charge in [0.1, 0.15) is 6.04 Å². The number of carbonyl (C=O) groups excluding carboxylic acids is 1. The SMILES string of the molecule is CC(C)c1nnc([C@H]2COCCN2C(=O)c2cccc3cc[nH]c23)o1. The highest BCUT2D eigenvalue weighted by atomic mass is 16.5. The predicted molar refractivity (Wildman–Crippen MR) is 91.3 cm³/mol. The molecule has 1 atom stereocenters. The summed E-state index contributed by atoms with van der Waals surface area (Å²) in [5.41, 5.74) is 1.48. The molecule has 1 saturated heterocycles. The van der Waals surface area contributed by atoms with Crippen LogP contribution in [0.15, 0.2) is 34.9 Å². The van der Waals surface area contributed by atoms with Crippen molar-refractivity contribution in [3.63, 3.8) is 0 Å². The van der Waals surface area contributed by atoms with E-state index in [4.69, 9.17) is 9.15 Å². The van der Waals surface area contributed by atoms with Crippen LogP contribution in [-0.4, -0.2) is 45.7 Å². The van der Waals surface area contributed by atoms with Gasteiger partial charge < -0.3 is 19.0 Å². The molecule has 0 unspecified atom stereocenters. The number of aromatic nitrogens is 3. The summed E-state index contributed by atoms with van der Waals surface area (Å²) in [4.78, 5) is 18.1. The van der Waals surface area contributed by atoms with E-state index < -0.39 is 0 Å². The average Bonchev–Trinajstić information content (AvgIpc) is 3.30. The van der Waals surface area contributed by atoms with Crippen molar-refractivity contribution in [1.82, 2.24) is 20.1 Å². The van der Waals surface area contributed by atoms with Crippen LogP contribution >= 0.6 is 0 Å². The van der Waals surface area contributed by atoms with E-state index in [1.54, 1.807) is 4.90 Å². The number of para-hydroxylation sites is 1. The van der Waals surface area contributed by atoms with Crippen LogP contribution in [0, 0.1) is 0 Å². The van der Waals surface area contributed by atoms with E-state index in [1.807, 2.05) is 44.3 Å². The predicted octanol–water partition coefficient (Wildman–Crippen LogP) is 2.89. The molecule has 3 aromatic rings. The lowest BCUT2D eigenvalue weighted by Crippen LogP contribution is -2.43. The van der Waals surface area contributed by atoms with E-state index in [2.05, 4.69) is 15.2 Å². The molecular weight excluding hydrogens is 320 g/mol. The number of amides is 1. The molecule has 1 aliphatic heterocycles. The number of nitrogens with zero attached hydrogens (tertiary/aromatic N) is 3. The smallest absolute Gasteiger partial charge is 0.256 e. The molecule has 7 heteroatoms. The maximum atomic E-state index is 13.2. The van der Waals surface area contributed by atoms with Crippen LogP contribution in [-0.2, 0) is 4.74 Å². The molecule has 25 heavy (non-hydrogen) atoms. The number of nitrogens with one attached hydrogen (secondary N) is 1. The molecule has 0 saturated carbocycles. The number of benzene rings is 1. The van der Waals surface area contributed by atoms with Gasteiger partial charge in [0.15, 0.2) is 0 Å². The third-order valence-corrected chi connectivity index (χ3v) is 4.44. The van der Waals surface area contributed by atoms with Crippen LogP contribution < -0.4 is 0 Å². The van der Waals surface area contributed by atoms with Crippen molar-refractivity contribution < 1.29 is 13.9 Å². The van der Waals surface area contributed by atoms with Crippen molar-refractivity contribution in [2.45, 2.75) is 25.8 Å². The fourth-order valence-electron chi connectivity index (χ4n) is 3.08. The maximum Gasteiger partial charge on any atom is 0.256 e. The lowest BCUT2D eigenvalue weighted by Gasteiger charge is -2.33. The number of rotatable bonds is 3. The highest BCUT2D eigenvalue weighted by molar-refractivity contribution is 6.05. The van der Waals surface area contributed by atoms with Gasteiger partial charge in [-0.15, -0.1) is 10.2 Å². The maximum absolute atomic E-state index is 13.2. The van der Waals surface area contributed by atoms with Crippen molar-refractivity contribution in [3.05, 3.63) is 47.8 Å². The first-order valence-electron chi connectivity index (χ1n) is 8.43. The van der Waals surface area contributed by atoms with Gasteiger partial charge in [0.25, 0.3) is 5.91 Å². The number of carbonyl (C=O) groups is 1. The second kappa shape index (κ2) is 6.33. The first-order valence-corrected chi connectivity index (χ1v) is 8.43. The Hall–Kier alpha value is -2.67. The topological polar surface area (TPSA) is 84.3 Å². The quantitative estimate of drug-likeness (QED) is 0.792. The van der Waals surface area contributed by atoms with Crippen LogP contribution in [0.1, 0.15) is 47.9 Å². The first kappa shape index (κ1) is 15.8. The number of aromatic amines is 1. The number of hydrogen-bond donors (Lipinski definition) is 1. The lowest BCUT2D eigenvalue weighted by molar-refractivity contribution is -0.0106. The van der Waals surface area contributed by atoms with Gasteiger partial charge in [-0.3, -0.25) is 4.79 Å². The van der Waals surface area contributed by atoms with Gasteiger partial charge >= 0.3 is 0 Å². The summed E-state index contributed by atoms with van der Waals surface area (Å²) >= 11 is 0. The Balaban J connectivity index is 1.68. The monoisotopic (exact) mass is 340 g/mol. The Morgan fingerprint density at radius 1 is 1.32 bits per heavy atom. The Bertz CT molecular complexity index is 899. The van der Waals surface area contributed by atoms with E-state index in [0.29, 0.717) is 37.1 Å². The molecule has 1 aliphatic rings. The number of morpholine rings is 1. The normalized spacial score (nSPS) is 18.2. The van der Waals surface area contributed by atoms with Crippen molar-refractivity contribution in [3.8, 4) is 0 Å². The third kappa shape index (κ3) is 2.80. The second-order valence-corrected chi connectivity index (χ2v) is 6.47. The van der Waals surface area contributed by atoms with Gasteiger partial charge in [0, 0.05) is 24.0 Å². The van der Waals surface area contributed by atoms with E-state index in [9.17, 15) is 4.79 Å². The van der Waals surface area contributed by atoms with Gasteiger partial charge in [-0.1, -0.05) is 26.0 Å². The molecule has 1 N–H and O–H groups in total. The van der Waals surface area contributed by atoms with Crippen LogP contribution in [0.2, 0.25) is 0 Å². The number of ether oxygens (including phenoxy) is 1. The first-order chi connectivity index (χ1) is 12.1. The van der Waals surface area contributed by atoms with Crippen molar-refractivity contribution >= 4 is 16.8 Å². The highest BCUT2D eigenvalue weighted by Crippen LogP contribution is 2.28. The largest absolute Gasteiger partial charge is 0.423 e. The third-order valence-electron chi connectivity index (χ3n) is 4.44. The van der Waals surface area contributed by atoms with E-state index in [1.165, 1.54) is 0 Å². The molecule has 1 fully saturated rings. The average molecular weight is 340 g/mol. The van der Waals surface area contributed by atoms with Crippen molar-refractivity contribution in [1.29, 1.82) is 0 Å². The summed E-state index contributed by atoms with van der Waals surface area (Å²) in [5, 5.41) is 9.23. The van der Waals surface area contributed by atoms with Gasteiger partial charge in [0.2, 0.25) is 11.8 Å². The fraction of sp³-hybridized carbons (Fsp3) is 0.389. The number of hydrogen-bond acceptors (Lipinski definition) is 5. The van der Waals surface area contributed by atoms with Crippen LogP contribution in [0.5, 0.6) is 0 Å². The Morgan fingerprint density at radius 2 is 2.20 bits per heavy atom. The molecule has 130 valence electrons. The number of fused-ring (bicyclic) bond motifs is 1. The van der Waals surface area contributed by atoms with Crippen LogP contribution in [0.25, 0.3) is 10.9 Å². The van der Waals surface area contributed by atoms with Crippen LogP contribution in [0.4, 0.5) is 0 Å². The van der Waals surface area contributed by atoms with E-state index >= 15 is 0 Å². The summed E-state index contributed by atoms with van der Waals surface area (Å²) in [6.07, 6.45) is 1.84. The summed E-state index contributed by atoms with van der Waals surface area (Å²) in [6.45, 7) is 5.31. The zero-order valence-corrected chi connectivity index (χ0v) is 14.2. The van der Waals surface area contributed by atoms with Gasteiger partial charge in [-0.05, 0) is 12.1 Å². The van der Waals surface area contributed by atoms with Gasteiger partial charge in [0.05, 0.1) is 24.3 Å². The van der Waals surface area contributed by atoms with Crippen LogP contribution in [0.3, 0.4) is 0 Å². The second-order valence-electron chi connectivity index (χ2n) is 6.47. The molecule has 1 aromatic carbocycles. The fourth-order valence-corrected chi connectivity index (χ4v) is 3.08. The van der Waals surface area contributed by atoms with E-state index in [-0.39, 0.29) is 17.9 Å². The summed E-state index contributed by atoms with van der Waals surface area (Å²) in [7, 11) is 0. The molecule has 1 amide bonds. The summed E-state index contributed by atoms with van der Waals surface area (Å²) < 4.78 is 11.3. The minimum Gasteiger partial charge on any atom is -0.423 e. The lowest BCUT2D eigenvalue weighted by atomic mass is 10.1. The van der Waals surface area contributed by atoms with Gasteiger partial charge in [-0.2, -0.15) is 0 Å². The number of H-pyrrole nitrogens is 1. The summed E-state index contributed by atoms with van der Waals surface area (Å²) in [5.74, 6) is 1.07. The van der Waals surface area contributed by atoms with Gasteiger partial charge in [-0.25, -0.2) is 0 Å². The molecule has 2 aromatic heterocycles. The van der Waals surface area contributed by atoms with Crippen molar-refractivity contribution in [2.24, 2.45) is 0 Å². The van der Waals surface area contributed by atoms with Crippen molar-refractivity contribution in [2.75, 3.05) is 19.8 Å². The highest BCUT2D eigenvalue weighted by Gasteiger charge is 2.34. The molecular formula is C18H20N4O3.